The molecule has 0 fully saturated rings. The zero-order chi connectivity index (χ0) is 13.6. The zero-order valence-electron chi connectivity index (χ0n) is 9.44. The van der Waals surface area contributed by atoms with E-state index < -0.39 is 25.0 Å². The molecule has 18 heavy (non-hydrogen) atoms. The second kappa shape index (κ2) is 6.25. The van der Waals surface area contributed by atoms with Crippen LogP contribution in [0.2, 0.25) is 0 Å². The molecular weight excluding hydrogens is 253 g/mol. The van der Waals surface area contributed by atoms with Crippen LogP contribution in [0.3, 0.4) is 0 Å². The van der Waals surface area contributed by atoms with Crippen molar-refractivity contribution in [1.82, 2.24) is 0 Å². The molecule has 0 bridgehead atoms. The second-order valence-electron chi connectivity index (χ2n) is 3.36. The Morgan fingerprint density at radius 3 is 2.50 bits per heavy atom. The van der Waals surface area contributed by atoms with Gasteiger partial charge in [-0.2, -0.15) is 13.7 Å². The van der Waals surface area contributed by atoms with Crippen LogP contribution in [0.4, 0.5) is 18.0 Å². The fourth-order valence-corrected chi connectivity index (χ4v) is 1.06. The Morgan fingerprint density at radius 2 is 1.94 bits per heavy atom. The minimum atomic E-state index is -4.21. The summed E-state index contributed by atoms with van der Waals surface area (Å²) in [7, 11) is 0. The van der Waals surface area contributed by atoms with E-state index >= 15 is 0 Å². The molecule has 7 heteroatoms. The minimum absolute atomic E-state index is 0.669. The lowest BCUT2D eigenvalue weighted by atomic mass is 10.1. The van der Waals surface area contributed by atoms with Crippen molar-refractivity contribution in [2.24, 2.45) is 0 Å². The maximum Gasteiger partial charge on any atom is 0.545 e. The van der Waals surface area contributed by atoms with Gasteiger partial charge in [-0.25, -0.2) is 9.18 Å². The largest absolute Gasteiger partial charge is 0.545 e. The molecule has 0 amide bonds. The van der Waals surface area contributed by atoms with Gasteiger partial charge in [-0.05, 0) is 12.5 Å². The van der Waals surface area contributed by atoms with Gasteiger partial charge >= 0.3 is 12.3 Å². The molecule has 0 saturated carbocycles. The van der Waals surface area contributed by atoms with Crippen molar-refractivity contribution in [2.75, 3.05) is 6.67 Å². The van der Waals surface area contributed by atoms with Crippen LogP contribution in [0, 0.1) is 0 Å². The average molecular weight is 264 g/mol. The summed E-state index contributed by atoms with van der Waals surface area (Å²) in [6.07, 6.45) is -6.69. The number of hydrogen-bond donors (Lipinski definition) is 0. The van der Waals surface area contributed by atoms with Crippen molar-refractivity contribution in [3.63, 3.8) is 0 Å². The first-order valence-corrected chi connectivity index (χ1v) is 4.99. The molecule has 0 aliphatic carbocycles. The summed E-state index contributed by atoms with van der Waals surface area (Å²) in [5.41, 5.74) is 0.669. The Bertz CT molecular complexity index is 383. The van der Waals surface area contributed by atoms with E-state index in [0.29, 0.717) is 5.56 Å². The number of carbonyl (C=O) groups is 1. The Hall–Kier alpha value is -1.76. The second-order valence-corrected chi connectivity index (χ2v) is 3.36. The molecule has 0 heterocycles. The molecular formula is C11H11F3O4. The highest BCUT2D eigenvalue weighted by atomic mass is 19.3. The predicted octanol–water partition coefficient (Wildman–Crippen LogP) is 3.39. The molecule has 4 nitrogen and oxygen atoms in total. The number of halogens is 3. The zero-order valence-corrected chi connectivity index (χ0v) is 9.44. The molecule has 1 unspecified atom stereocenters. The van der Waals surface area contributed by atoms with Gasteiger partial charge in [-0.3, -0.25) is 4.89 Å². The van der Waals surface area contributed by atoms with Crippen molar-refractivity contribution in [2.45, 2.75) is 19.1 Å². The average Bonchev–Trinajstić information content (AvgIpc) is 2.36. The maximum atomic E-state index is 12.3. The van der Waals surface area contributed by atoms with Crippen molar-refractivity contribution < 1.29 is 32.5 Å². The molecule has 0 saturated heterocycles. The van der Waals surface area contributed by atoms with Crippen LogP contribution in [-0.2, 0) is 14.5 Å². The number of alkyl halides is 3. The molecule has 0 aliphatic rings. The monoisotopic (exact) mass is 264 g/mol. The van der Waals surface area contributed by atoms with Gasteiger partial charge in [0, 0.05) is 0 Å². The summed E-state index contributed by atoms with van der Waals surface area (Å²) in [5.74, 6) is 0. The van der Waals surface area contributed by atoms with Crippen LogP contribution in [-0.4, -0.2) is 18.9 Å². The summed E-state index contributed by atoms with van der Waals surface area (Å²) in [4.78, 5) is 19.3. The lowest BCUT2D eigenvalue weighted by Crippen LogP contribution is -2.27. The highest BCUT2D eigenvalue weighted by Crippen LogP contribution is 2.19. The molecule has 0 aromatic heterocycles. The van der Waals surface area contributed by atoms with Crippen molar-refractivity contribution in [3.05, 3.63) is 35.9 Å². The first-order valence-electron chi connectivity index (χ1n) is 4.99. The quantitative estimate of drug-likeness (QED) is 0.464. The Morgan fingerprint density at radius 1 is 1.33 bits per heavy atom. The highest BCUT2D eigenvalue weighted by Gasteiger charge is 2.35. The summed E-state index contributed by atoms with van der Waals surface area (Å²) in [6, 6.07) is 8.60. The van der Waals surface area contributed by atoms with E-state index in [4.69, 9.17) is 0 Å². The van der Waals surface area contributed by atoms with Crippen LogP contribution in [0.5, 0.6) is 0 Å². The van der Waals surface area contributed by atoms with E-state index in [0.717, 1.165) is 0 Å². The van der Waals surface area contributed by atoms with Gasteiger partial charge < -0.3 is 4.74 Å². The normalized spacial score (nSPS) is 12.9. The van der Waals surface area contributed by atoms with Gasteiger partial charge in [0.05, 0.1) is 0 Å². The fourth-order valence-electron chi connectivity index (χ4n) is 1.06. The van der Waals surface area contributed by atoms with E-state index in [9.17, 15) is 18.0 Å². The maximum absolute atomic E-state index is 12.3. The topological polar surface area (TPSA) is 44.8 Å². The third-order valence-corrected chi connectivity index (χ3v) is 1.92. The number of carbonyl (C=O) groups excluding carboxylic acids is 1. The number of ether oxygens (including phenoxy) is 1. The molecule has 0 radical (unpaired) electrons. The highest BCUT2D eigenvalue weighted by molar-refractivity contribution is 5.59. The predicted molar refractivity (Wildman–Crippen MR) is 54.4 cm³/mol. The third kappa shape index (κ3) is 4.62. The minimum Gasteiger partial charge on any atom is -0.364 e. The number of benzene rings is 1. The molecule has 0 spiro atoms. The molecule has 1 rings (SSSR count). The Kier molecular flexibility index (Phi) is 4.96. The summed E-state index contributed by atoms with van der Waals surface area (Å²) in [6.45, 7) is -0.591. The van der Waals surface area contributed by atoms with Gasteiger partial charge in [-0.15, -0.1) is 0 Å². The van der Waals surface area contributed by atoms with Crippen LogP contribution >= 0.6 is 0 Å². The molecule has 1 aromatic carbocycles. The SMILES string of the molecule is CC(OOC(=O)OC(F)(F)CF)c1ccccc1. The standard InChI is InChI=1S/C11H11F3O4/c1-8(9-5-3-2-4-6-9)17-18-10(15)16-11(13,14)7-12/h2-6,8H,7H2,1H3. The fraction of sp³-hybridized carbons (Fsp3) is 0.364. The molecule has 1 atom stereocenters. The van der Waals surface area contributed by atoms with Gasteiger partial charge in [-0.1, -0.05) is 30.3 Å². The Labute approximate surface area is 101 Å². The van der Waals surface area contributed by atoms with Crippen LogP contribution in [0.25, 0.3) is 0 Å². The molecule has 100 valence electrons. The van der Waals surface area contributed by atoms with Crippen molar-refractivity contribution in [1.29, 1.82) is 0 Å². The van der Waals surface area contributed by atoms with Crippen molar-refractivity contribution in [3.8, 4) is 0 Å². The van der Waals surface area contributed by atoms with Crippen molar-refractivity contribution >= 4 is 6.16 Å². The number of rotatable bonds is 5. The van der Waals surface area contributed by atoms with E-state index in [-0.39, 0.29) is 0 Å². The van der Waals surface area contributed by atoms with E-state index in [1.165, 1.54) is 6.92 Å². The van der Waals surface area contributed by atoms with Gasteiger partial charge in [0.1, 0.15) is 6.10 Å². The molecule has 0 aliphatic heterocycles. The summed E-state index contributed by atoms with van der Waals surface area (Å²) >= 11 is 0. The third-order valence-electron chi connectivity index (χ3n) is 1.92. The van der Waals surface area contributed by atoms with Gasteiger partial charge in [0.2, 0.25) is 0 Å². The van der Waals surface area contributed by atoms with E-state index in [2.05, 4.69) is 14.5 Å². The molecule has 1 aromatic rings. The number of hydrogen-bond acceptors (Lipinski definition) is 4. The Balaban J connectivity index is 2.39. The smallest absolute Gasteiger partial charge is 0.364 e. The summed E-state index contributed by atoms with van der Waals surface area (Å²) in [5, 5.41) is 0. The van der Waals surface area contributed by atoms with E-state index in [1.54, 1.807) is 30.3 Å². The van der Waals surface area contributed by atoms with Crippen LogP contribution < -0.4 is 0 Å². The lowest BCUT2D eigenvalue weighted by molar-refractivity contribution is -0.312. The van der Waals surface area contributed by atoms with Gasteiger partial charge in [0.15, 0.2) is 6.67 Å². The van der Waals surface area contributed by atoms with E-state index in [1.807, 2.05) is 0 Å². The van der Waals surface area contributed by atoms with Crippen LogP contribution in [0.15, 0.2) is 30.3 Å². The molecule has 0 N–H and O–H groups in total. The van der Waals surface area contributed by atoms with Gasteiger partial charge in [0.25, 0.3) is 0 Å². The first kappa shape index (κ1) is 14.3. The van der Waals surface area contributed by atoms with Crippen LogP contribution in [0.1, 0.15) is 18.6 Å². The summed E-state index contributed by atoms with van der Waals surface area (Å²) < 4.78 is 39.6. The first-order chi connectivity index (χ1) is 8.44. The lowest BCUT2D eigenvalue weighted by Gasteiger charge is -2.14.